The number of aromatic nitrogens is 1. The molecule has 2 aromatic carbocycles. The van der Waals surface area contributed by atoms with Crippen LogP contribution < -0.4 is 9.46 Å². The lowest BCUT2D eigenvalue weighted by atomic mass is 10.1. The second-order valence-corrected chi connectivity index (χ2v) is 9.13. The Balaban J connectivity index is 1.62. The third-order valence-electron chi connectivity index (χ3n) is 4.93. The van der Waals surface area contributed by atoms with Gasteiger partial charge in [0.05, 0.1) is 4.90 Å². The van der Waals surface area contributed by atoms with Crippen LogP contribution in [-0.2, 0) is 19.6 Å². The Morgan fingerprint density at radius 3 is 2.37 bits per heavy atom. The molecule has 0 amide bonds. The van der Waals surface area contributed by atoms with E-state index in [-0.39, 0.29) is 16.2 Å². The molecule has 0 saturated carbocycles. The predicted octanol–water partition coefficient (Wildman–Crippen LogP) is 3.54. The van der Waals surface area contributed by atoms with Crippen molar-refractivity contribution in [2.75, 3.05) is 13.2 Å². The van der Waals surface area contributed by atoms with Gasteiger partial charge in [0, 0.05) is 22.6 Å². The maximum Gasteiger partial charge on any atom is 0.387 e. The van der Waals surface area contributed by atoms with Crippen LogP contribution in [0.2, 0.25) is 0 Å². The van der Waals surface area contributed by atoms with Gasteiger partial charge in [-0.15, -0.1) is 0 Å². The molecular weight excluding hydrogens is 489 g/mol. The highest BCUT2D eigenvalue weighted by molar-refractivity contribution is 7.89. The lowest BCUT2D eigenvalue weighted by Gasteiger charge is -2.11. The number of carbonyl (C=O) groups excluding carboxylic acids is 2. The number of carbonyl (C=O) groups is 2. The maximum atomic E-state index is 13.2. The van der Waals surface area contributed by atoms with Gasteiger partial charge in [0.15, 0.2) is 6.61 Å². The number of aryl methyl sites for hydroxylation is 1. The van der Waals surface area contributed by atoms with E-state index < -0.39 is 47.4 Å². The Bertz CT molecular complexity index is 1340. The summed E-state index contributed by atoms with van der Waals surface area (Å²) in [6.45, 7) is -0.928. The highest BCUT2D eigenvalue weighted by Crippen LogP contribution is 2.24. The minimum atomic E-state index is -4.15. The smallest absolute Gasteiger partial charge is 0.387 e. The van der Waals surface area contributed by atoms with E-state index in [1.807, 2.05) is 4.72 Å². The van der Waals surface area contributed by atoms with Gasteiger partial charge in [-0.2, -0.15) is 13.5 Å². The summed E-state index contributed by atoms with van der Waals surface area (Å²) in [6.07, 6.45) is 0. The molecule has 186 valence electrons. The first-order chi connectivity index (χ1) is 16.5. The summed E-state index contributed by atoms with van der Waals surface area (Å²) in [5, 5.41) is 0. The van der Waals surface area contributed by atoms with Crippen LogP contribution in [0.15, 0.2) is 59.5 Å². The predicted molar refractivity (Wildman–Crippen MR) is 119 cm³/mol. The molecule has 8 nitrogen and oxygen atoms in total. The molecule has 1 N–H and O–H groups in total. The average Bonchev–Trinajstić information content (AvgIpc) is 3.10. The third-order valence-corrected chi connectivity index (χ3v) is 6.33. The van der Waals surface area contributed by atoms with Crippen LogP contribution in [0.4, 0.5) is 13.2 Å². The first-order valence-corrected chi connectivity index (χ1v) is 11.6. The summed E-state index contributed by atoms with van der Waals surface area (Å²) < 4.78 is 75.1. The van der Waals surface area contributed by atoms with Crippen molar-refractivity contribution in [3.05, 3.63) is 77.4 Å². The molecule has 0 radical (unpaired) electrons. The molecule has 0 bridgehead atoms. The number of sulfonamides is 1. The number of alkyl halides is 2. The van der Waals surface area contributed by atoms with Gasteiger partial charge in [-0.3, -0.25) is 9.59 Å². The van der Waals surface area contributed by atoms with Crippen molar-refractivity contribution >= 4 is 21.8 Å². The van der Waals surface area contributed by atoms with Crippen LogP contribution in [0.25, 0.3) is 5.69 Å². The highest BCUT2D eigenvalue weighted by Gasteiger charge is 2.20. The monoisotopic (exact) mass is 510 g/mol. The van der Waals surface area contributed by atoms with Crippen molar-refractivity contribution in [1.29, 1.82) is 0 Å². The highest BCUT2D eigenvalue weighted by atomic mass is 32.2. The molecule has 12 heteroatoms. The Labute approximate surface area is 199 Å². The van der Waals surface area contributed by atoms with Gasteiger partial charge in [0.2, 0.25) is 15.8 Å². The normalized spacial score (nSPS) is 11.5. The first-order valence-electron chi connectivity index (χ1n) is 10.2. The Kier molecular flexibility index (Phi) is 7.97. The number of Topliss-reactive ketones (excluding diaryl/α,β-unsaturated/α-hetero) is 1. The largest absolute Gasteiger partial charge is 0.456 e. The number of nitrogens with zero attached hydrogens (tertiary/aromatic N) is 1. The van der Waals surface area contributed by atoms with Gasteiger partial charge in [-0.05, 0) is 62.4 Å². The maximum absolute atomic E-state index is 13.2. The van der Waals surface area contributed by atoms with E-state index in [0.717, 1.165) is 18.2 Å². The molecular formula is C23H21F3N2O6S. The number of ether oxygens (including phenoxy) is 2. The summed E-state index contributed by atoms with van der Waals surface area (Å²) in [5.41, 5.74) is 2.06. The van der Waals surface area contributed by atoms with E-state index in [1.54, 1.807) is 36.6 Å². The quantitative estimate of drug-likeness (QED) is 0.331. The second kappa shape index (κ2) is 10.7. The second-order valence-electron chi connectivity index (χ2n) is 7.36. The fourth-order valence-corrected chi connectivity index (χ4v) is 4.37. The van der Waals surface area contributed by atoms with Crippen molar-refractivity contribution in [3.63, 3.8) is 0 Å². The van der Waals surface area contributed by atoms with E-state index in [0.29, 0.717) is 17.1 Å². The van der Waals surface area contributed by atoms with Crippen molar-refractivity contribution in [3.8, 4) is 11.4 Å². The van der Waals surface area contributed by atoms with Crippen molar-refractivity contribution < 1.29 is 40.7 Å². The van der Waals surface area contributed by atoms with Gasteiger partial charge in [-0.1, -0.05) is 6.07 Å². The Morgan fingerprint density at radius 1 is 1.06 bits per heavy atom. The van der Waals surface area contributed by atoms with E-state index in [4.69, 9.17) is 4.74 Å². The summed E-state index contributed by atoms with van der Waals surface area (Å²) in [5.74, 6) is -2.29. The van der Waals surface area contributed by atoms with Crippen LogP contribution >= 0.6 is 0 Å². The molecule has 1 aromatic heterocycles. The fraction of sp³-hybridized carbons (Fsp3) is 0.217. The van der Waals surface area contributed by atoms with Crippen LogP contribution in [0, 0.1) is 19.7 Å². The summed E-state index contributed by atoms with van der Waals surface area (Å²) in [6, 6.07) is 11.7. The molecule has 0 fully saturated rings. The number of rotatable bonds is 10. The molecule has 0 spiro atoms. The Hall–Kier alpha value is -3.64. The molecule has 1 heterocycles. The van der Waals surface area contributed by atoms with Gasteiger partial charge < -0.3 is 14.0 Å². The van der Waals surface area contributed by atoms with E-state index in [9.17, 15) is 31.2 Å². The standard InChI is InChI=1S/C23H21F3N2O6S/c1-14-10-20(15(2)28(14)17-6-8-18(9-7-17)34-23(25)26)21(29)13-33-22(30)12-27-35(31,32)19-5-3-4-16(24)11-19/h3-11,23,27H,12-13H2,1-2H3. The summed E-state index contributed by atoms with van der Waals surface area (Å²) in [7, 11) is -4.15. The van der Waals surface area contributed by atoms with Crippen LogP contribution in [0.1, 0.15) is 21.7 Å². The zero-order valence-corrected chi connectivity index (χ0v) is 19.4. The third kappa shape index (κ3) is 6.49. The number of hydrogen-bond acceptors (Lipinski definition) is 6. The number of ketones is 1. The fourth-order valence-electron chi connectivity index (χ4n) is 3.37. The molecule has 0 saturated heterocycles. The first kappa shape index (κ1) is 26.0. The SMILES string of the molecule is Cc1cc(C(=O)COC(=O)CNS(=O)(=O)c2cccc(F)c2)c(C)n1-c1ccc(OC(F)F)cc1. The van der Waals surface area contributed by atoms with Gasteiger partial charge >= 0.3 is 12.6 Å². The zero-order valence-electron chi connectivity index (χ0n) is 18.6. The van der Waals surface area contributed by atoms with Gasteiger partial charge in [-0.25, -0.2) is 12.8 Å². The van der Waals surface area contributed by atoms with E-state index in [1.165, 1.54) is 18.2 Å². The molecule has 0 aliphatic heterocycles. The molecule has 0 aliphatic rings. The van der Waals surface area contributed by atoms with Crippen molar-refractivity contribution in [2.45, 2.75) is 25.4 Å². The number of nitrogens with one attached hydrogen (secondary N) is 1. The van der Waals surface area contributed by atoms with E-state index in [2.05, 4.69) is 4.74 Å². The Morgan fingerprint density at radius 2 is 1.74 bits per heavy atom. The molecule has 0 unspecified atom stereocenters. The molecule has 0 aliphatic carbocycles. The summed E-state index contributed by atoms with van der Waals surface area (Å²) >= 11 is 0. The number of esters is 1. The molecule has 0 atom stereocenters. The molecule has 3 aromatic rings. The number of hydrogen-bond donors (Lipinski definition) is 1. The molecule has 3 rings (SSSR count). The molecule has 35 heavy (non-hydrogen) atoms. The van der Waals surface area contributed by atoms with Crippen LogP contribution in [0.3, 0.4) is 0 Å². The van der Waals surface area contributed by atoms with Crippen LogP contribution in [0.5, 0.6) is 5.75 Å². The van der Waals surface area contributed by atoms with E-state index >= 15 is 0 Å². The van der Waals surface area contributed by atoms with Crippen molar-refractivity contribution in [1.82, 2.24) is 9.29 Å². The zero-order chi connectivity index (χ0) is 25.8. The number of halogens is 3. The van der Waals surface area contributed by atoms with Crippen LogP contribution in [-0.4, -0.2) is 44.5 Å². The average molecular weight is 510 g/mol. The number of benzene rings is 2. The minimum absolute atomic E-state index is 0.0116. The lowest BCUT2D eigenvalue weighted by molar-refractivity contribution is -0.141. The lowest BCUT2D eigenvalue weighted by Crippen LogP contribution is -2.31. The summed E-state index contributed by atoms with van der Waals surface area (Å²) in [4.78, 5) is 24.2. The van der Waals surface area contributed by atoms with Gasteiger partial charge in [0.25, 0.3) is 0 Å². The van der Waals surface area contributed by atoms with Crippen molar-refractivity contribution in [2.24, 2.45) is 0 Å². The van der Waals surface area contributed by atoms with Gasteiger partial charge in [0.1, 0.15) is 18.1 Å². The topological polar surface area (TPSA) is 104 Å². The minimum Gasteiger partial charge on any atom is -0.456 e.